The standard InChI is InChI=1S/C13H19NO5S/c15-12(10-5-1-2-6-11(10)13(16)17)14-9-4-3-7-20(18,19)8-9/h1-2,9-11H,3-8H2,(H,14,15)(H,16,17). The van der Waals surface area contributed by atoms with E-state index < -0.39 is 27.6 Å². The number of sulfone groups is 1. The largest absolute Gasteiger partial charge is 0.481 e. The highest BCUT2D eigenvalue weighted by Gasteiger charge is 2.35. The SMILES string of the molecule is O=C(O)C1CC=CCC1C(=O)NC1CCCS(=O)(=O)C1. The van der Waals surface area contributed by atoms with Crippen molar-refractivity contribution in [2.24, 2.45) is 11.8 Å². The molecule has 3 unspecified atom stereocenters. The van der Waals surface area contributed by atoms with E-state index in [1.54, 1.807) is 12.2 Å². The van der Waals surface area contributed by atoms with Gasteiger partial charge in [0.25, 0.3) is 0 Å². The van der Waals surface area contributed by atoms with Crippen molar-refractivity contribution in [2.45, 2.75) is 31.7 Å². The van der Waals surface area contributed by atoms with Gasteiger partial charge in [-0.15, -0.1) is 0 Å². The lowest BCUT2D eigenvalue weighted by atomic mass is 9.82. The minimum atomic E-state index is -3.08. The highest BCUT2D eigenvalue weighted by molar-refractivity contribution is 7.91. The maximum absolute atomic E-state index is 12.2. The number of carbonyl (C=O) groups is 2. The fourth-order valence-corrected chi connectivity index (χ4v) is 4.46. The molecule has 2 aliphatic rings. The van der Waals surface area contributed by atoms with Crippen LogP contribution >= 0.6 is 0 Å². The van der Waals surface area contributed by atoms with Gasteiger partial charge in [0.1, 0.15) is 0 Å². The third-order valence-electron chi connectivity index (χ3n) is 3.90. The molecular weight excluding hydrogens is 282 g/mol. The molecular formula is C13H19NO5S. The Balaban J connectivity index is 2.00. The summed E-state index contributed by atoms with van der Waals surface area (Å²) in [6.45, 7) is 0. The van der Waals surface area contributed by atoms with Crippen LogP contribution in [0, 0.1) is 11.8 Å². The van der Waals surface area contributed by atoms with Crippen molar-refractivity contribution in [3.63, 3.8) is 0 Å². The van der Waals surface area contributed by atoms with Crippen LogP contribution in [0.4, 0.5) is 0 Å². The molecule has 1 amide bonds. The zero-order chi connectivity index (χ0) is 14.8. The van der Waals surface area contributed by atoms with E-state index in [9.17, 15) is 18.0 Å². The molecule has 7 heteroatoms. The molecule has 0 radical (unpaired) electrons. The van der Waals surface area contributed by atoms with Crippen LogP contribution in [0.2, 0.25) is 0 Å². The summed E-state index contributed by atoms with van der Waals surface area (Å²) in [6, 6.07) is -0.387. The van der Waals surface area contributed by atoms with E-state index in [4.69, 9.17) is 5.11 Å². The van der Waals surface area contributed by atoms with Gasteiger partial charge in [0.05, 0.1) is 23.3 Å². The van der Waals surface area contributed by atoms with Gasteiger partial charge in [0, 0.05) is 6.04 Å². The van der Waals surface area contributed by atoms with Crippen molar-refractivity contribution >= 4 is 21.7 Å². The van der Waals surface area contributed by atoms with Crippen molar-refractivity contribution in [3.8, 4) is 0 Å². The number of hydrogen-bond acceptors (Lipinski definition) is 4. The van der Waals surface area contributed by atoms with Crippen LogP contribution in [0.15, 0.2) is 12.2 Å². The van der Waals surface area contributed by atoms with Crippen molar-refractivity contribution in [1.29, 1.82) is 0 Å². The number of carboxylic acid groups (broad SMARTS) is 1. The van der Waals surface area contributed by atoms with Gasteiger partial charge in [-0.1, -0.05) is 12.2 Å². The second-order valence-electron chi connectivity index (χ2n) is 5.46. The van der Waals surface area contributed by atoms with Crippen LogP contribution in [-0.2, 0) is 19.4 Å². The van der Waals surface area contributed by atoms with E-state index in [0.717, 1.165) is 0 Å². The van der Waals surface area contributed by atoms with Gasteiger partial charge in [0.2, 0.25) is 5.91 Å². The first-order chi connectivity index (χ1) is 9.39. The van der Waals surface area contributed by atoms with Gasteiger partial charge >= 0.3 is 5.97 Å². The van der Waals surface area contributed by atoms with Crippen LogP contribution in [0.25, 0.3) is 0 Å². The summed E-state index contributed by atoms with van der Waals surface area (Å²) in [5.41, 5.74) is 0. The molecule has 3 atom stereocenters. The van der Waals surface area contributed by atoms with Crippen molar-refractivity contribution in [1.82, 2.24) is 5.32 Å². The normalized spacial score (nSPS) is 32.5. The van der Waals surface area contributed by atoms with Gasteiger partial charge in [-0.2, -0.15) is 0 Å². The van der Waals surface area contributed by atoms with Gasteiger partial charge in [-0.25, -0.2) is 8.42 Å². The lowest BCUT2D eigenvalue weighted by molar-refractivity contribution is -0.147. The third-order valence-corrected chi connectivity index (χ3v) is 5.72. The first kappa shape index (κ1) is 15.0. The van der Waals surface area contributed by atoms with Crippen molar-refractivity contribution in [3.05, 3.63) is 12.2 Å². The molecule has 6 nitrogen and oxygen atoms in total. The van der Waals surface area contributed by atoms with Crippen molar-refractivity contribution < 1.29 is 23.1 Å². The van der Waals surface area contributed by atoms with E-state index >= 15 is 0 Å². The monoisotopic (exact) mass is 301 g/mol. The number of amides is 1. The number of aliphatic carboxylic acids is 1. The summed E-state index contributed by atoms with van der Waals surface area (Å²) in [7, 11) is -3.08. The zero-order valence-corrected chi connectivity index (χ0v) is 11.9. The summed E-state index contributed by atoms with van der Waals surface area (Å²) in [5, 5.41) is 11.9. The number of carbonyl (C=O) groups excluding carboxylic acids is 1. The highest BCUT2D eigenvalue weighted by atomic mass is 32.2. The number of allylic oxidation sites excluding steroid dienone is 2. The molecule has 20 heavy (non-hydrogen) atoms. The quantitative estimate of drug-likeness (QED) is 0.732. The minimum absolute atomic E-state index is 0.0426. The summed E-state index contributed by atoms with van der Waals surface area (Å²) in [6.07, 6.45) is 5.49. The Kier molecular flexibility index (Phi) is 4.47. The van der Waals surface area contributed by atoms with Crippen molar-refractivity contribution in [2.75, 3.05) is 11.5 Å². The summed E-state index contributed by atoms with van der Waals surface area (Å²) >= 11 is 0. The molecule has 0 bridgehead atoms. The molecule has 112 valence electrons. The lowest BCUT2D eigenvalue weighted by Crippen LogP contribution is -2.47. The maximum atomic E-state index is 12.2. The number of rotatable bonds is 3. The molecule has 0 saturated carbocycles. The van der Waals surface area contributed by atoms with Gasteiger partial charge in [-0.05, 0) is 25.7 Å². The molecule has 2 N–H and O–H groups in total. The molecule has 0 aromatic rings. The second-order valence-corrected chi connectivity index (χ2v) is 7.68. The van der Waals surface area contributed by atoms with E-state index in [1.807, 2.05) is 0 Å². The maximum Gasteiger partial charge on any atom is 0.307 e. The van der Waals surface area contributed by atoms with E-state index in [-0.39, 0.29) is 23.5 Å². The number of hydrogen-bond donors (Lipinski definition) is 2. The molecule has 1 fully saturated rings. The molecule has 0 aromatic carbocycles. The van der Waals surface area contributed by atoms with Gasteiger partial charge in [-0.3, -0.25) is 9.59 Å². The topological polar surface area (TPSA) is 101 Å². The average molecular weight is 301 g/mol. The third kappa shape index (κ3) is 3.59. The van der Waals surface area contributed by atoms with Crippen LogP contribution < -0.4 is 5.32 Å². The number of carboxylic acids is 1. The number of nitrogens with one attached hydrogen (secondary N) is 1. The highest BCUT2D eigenvalue weighted by Crippen LogP contribution is 2.26. The fraction of sp³-hybridized carbons (Fsp3) is 0.692. The Labute approximate surface area is 118 Å². The smallest absolute Gasteiger partial charge is 0.307 e. The molecule has 1 heterocycles. The van der Waals surface area contributed by atoms with Crippen LogP contribution in [0.1, 0.15) is 25.7 Å². The molecule has 1 saturated heterocycles. The fourth-order valence-electron chi connectivity index (χ4n) is 2.82. The zero-order valence-electron chi connectivity index (χ0n) is 11.1. The Morgan fingerprint density at radius 3 is 2.40 bits per heavy atom. The van der Waals surface area contributed by atoms with Gasteiger partial charge < -0.3 is 10.4 Å². The van der Waals surface area contributed by atoms with Crippen LogP contribution in [0.3, 0.4) is 0 Å². The summed E-state index contributed by atoms with van der Waals surface area (Å²) in [5.74, 6) is -2.53. The Morgan fingerprint density at radius 2 is 1.80 bits per heavy atom. The summed E-state index contributed by atoms with van der Waals surface area (Å²) in [4.78, 5) is 23.3. The second kappa shape index (κ2) is 5.95. The molecule has 0 spiro atoms. The lowest BCUT2D eigenvalue weighted by Gasteiger charge is -2.28. The first-order valence-corrected chi connectivity index (χ1v) is 8.60. The van der Waals surface area contributed by atoms with E-state index in [2.05, 4.69) is 5.32 Å². The van der Waals surface area contributed by atoms with Gasteiger partial charge in [0.15, 0.2) is 9.84 Å². The van der Waals surface area contributed by atoms with E-state index in [1.165, 1.54) is 0 Å². The summed E-state index contributed by atoms with van der Waals surface area (Å²) < 4.78 is 23.1. The molecule has 1 aliphatic heterocycles. The Bertz CT molecular complexity index is 525. The predicted octanol–water partition coefficient (Wildman–Crippen LogP) is 0.347. The van der Waals surface area contributed by atoms with Crippen LogP contribution in [0.5, 0.6) is 0 Å². The predicted molar refractivity (Wildman–Crippen MR) is 72.8 cm³/mol. The molecule has 1 aliphatic carbocycles. The minimum Gasteiger partial charge on any atom is -0.481 e. The molecule has 0 aromatic heterocycles. The first-order valence-electron chi connectivity index (χ1n) is 6.77. The average Bonchev–Trinajstić information content (AvgIpc) is 2.37. The van der Waals surface area contributed by atoms with Crippen LogP contribution in [-0.4, -0.2) is 42.9 Å². The Morgan fingerprint density at radius 1 is 1.15 bits per heavy atom. The molecule has 2 rings (SSSR count). The van der Waals surface area contributed by atoms with E-state index in [0.29, 0.717) is 25.7 Å². The Hall–Kier alpha value is -1.37.